The van der Waals surface area contributed by atoms with Gasteiger partial charge in [0, 0.05) is 35.9 Å². The molecular formula is C18H19N3O. The molecule has 0 radical (unpaired) electrons. The van der Waals surface area contributed by atoms with Gasteiger partial charge in [0.2, 0.25) is 0 Å². The van der Waals surface area contributed by atoms with Crippen LogP contribution in [-0.4, -0.2) is 22.5 Å². The van der Waals surface area contributed by atoms with E-state index >= 15 is 0 Å². The SMILES string of the molecule is CCN(Cc1ccccc1)C(=O)Nc1ccc2[nH]ccc2c1. The van der Waals surface area contributed by atoms with Crippen LogP contribution in [0, 0.1) is 0 Å². The number of hydrogen-bond acceptors (Lipinski definition) is 1. The van der Waals surface area contributed by atoms with E-state index in [-0.39, 0.29) is 6.03 Å². The van der Waals surface area contributed by atoms with Crippen LogP contribution < -0.4 is 5.32 Å². The third-order valence-corrected chi connectivity index (χ3v) is 3.69. The highest BCUT2D eigenvalue weighted by molar-refractivity contribution is 5.92. The largest absolute Gasteiger partial charge is 0.361 e. The summed E-state index contributed by atoms with van der Waals surface area (Å²) in [5.41, 5.74) is 3.00. The lowest BCUT2D eigenvalue weighted by Crippen LogP contribution is -2.34. The molecule has 22 heavy (non-hydrogen) atoms. The highest BCUT2D eigenvalue weighted by Gasteiger charge is 2.12. The second kappa shape index (κ2) is 6.35. The molecule has 0 spiro atoms. The number of fused-ring (bicyclic) bond motifs is 1. The zero-order chi connectivity index (χ0) is 15.4. The summed E-state index contributed by atoms with van der Waals surface area (Å²) in [6.07, 6.45) is 1.89. The van der Waals surface area contributed by atoms with E-state index in [0.717, 1.165) is 22.2 Å². The summed E-state index contributed by atoms with van der Waals surface area (Å²) < 4.78 is 0. The smallest absolute Gasteiger partial charge is 0.322 e. The van der Waals surface area contributed by atoms with E-state index in [1.165, 1.54) is 0 Å². The van der Waals surface area contributed by atoms with Crippen LogP contribution in [0.1, 0.15) is 12.5 Å². The Morgan fingerprint density at radius 3 is 2.73 bits per heavy atom. The first-order chi connectivity index (χ1) is 10.8. The summed E-state index contributed by atoms with van der Waals surface area (Å²) in [6.45, 7) is 3.25. The number of H-pyrrole nitrogens is 1. The lowest BCUT2D eigenvalue weighted by atomic mass is 10.2. The zero-order valence-electron chi connectivity index (χ0n) is 12.5. The summed E-state index contributed by atoms with van der Waals surface area (Å²) in [5.74, 6) is 0. The Morgan fingerprint density at radius 2 is 1.95 bits per heavy atom. The van der Waals surface area contributed by atoms with Gasteiger partial charge < -0.3 is 15.2 Å². The van der Waals surface area contributed by atoms with E-state index in [1.807, 2.05) is 67.7 Å². The van der Waals surface area contributed by atoms with Gasteiger partial charge in [0.1, 0.15) is 0 Å². The van der Waals surface area contributed by atoms with Crippen molar-refractivity contribution < 1.29 is 4.79 Å². The number of anilines is 1. The number of aromatic amines is 1. The molecular weight excluding hydrogens is 274 g/mol. The van der Waals surface area contributed by atoms with Crippen molar-refractivity contribution in [1.82, 2.24) is 9.88 Å². The fourth-order valence-corrected chi connectivity index (χ4v) is 2.46. The second-order valence-electron chi connectivity index (χ2n) is 5.21. The Morgan fingerprint density at radius 1 is 1.14 bits per heavy atom. The monoisotopic (exact) mass is 293 g/mol. The lowest BCUT2D eigenvalue weighted by Gasteiger charge is -2.21. The first-order valence-corrected chi connectivity index (χ1v) is 7.43. The zero-order valence-corrected chi connectivity index (χ0v) is 12.5. The third-order valence-electron chi connectivity index (χ3n) is 3.69. The minimum Gasteiger partial charge on any atom is -0.361 e. The average Bonchev–Trinajstić information content (AvgIpc) is 3.01. The molecule has 1 heterocycles. The van der Waals surface area contributed by atoms with E-state index in [9.17, 15) is 4.79 Å². The molecule has 0 aliphatic carbocycles. The first-order valence-electron chi connectivity index (χ1n) is 7.43. The topological polar surface area (TPSA) is 48.1 Å². The lowest BCUT2D eigenvalue weighted by molar-refractivity contribution is 0.212. The van der Waals surface area contributed by atoms with Gasteiger partial charge in [0.15, 0.2) is 0 Å². The van der Waals surface area contributed by atoms with E-state index in [0.29, 0.717) is 13.1 Å². The van der Waals surface area contributed by atoms with E-state index in [4.69, 9.17) is 0 Å². The van der Waals surface area contributed by atoms with Crippen molar-refractivity contribution in [3.05, 3.63) is 66.4 Å². The molecule has 112 valence electrons. The summed E-state index contributed by atoms with van der Waals surface area (Å²) in [4.78, 5) is 17.4. The molecule has 0 atom stereocenters. The molecule has 0 bridgehead atoms. The van der Waals surface area contributed by atoms with Gasteiger partial charge in [-0.2, -0.15) is 0 Å². The maximum atomic E-state index is 12.4. The molecule has 4 heteroatoms. The minimum atomic E-state index is -0.0822. The highest BCUT2D eigenvalue weighted by Crippen LogP contribution is 2.18. The molecule has 2 aromatic carbocycles. The number of benzene rings is 2. The predicted octanol–water partition coefficient (Wildman–Crippen LogP) is 4.22. The second-order valence-corrected chi connectivity index (χ2v) is 5.21. The number of carbonyl (C=O) groups is 1. The molecule has 0 saturated carbocycles. The summed E-state index contributed by atoms with van der Waals surface area (Å²) in [7, 11) is 0. The van der Waals surface area contributed by atoms with E-state index < -0.39 is 0 Å². The molecule has 3 rings (SSSR count). The number of urea groups is 1. The number of hydrogen-bond donors (Lipinski definition) is 2. The van der Waals surface area contributed by atoms with Crippen LogP contribution in [0.4, 0.5) is 10.5 Å². The normalized spacial score (nSPS) is 10.6. The highest BCUT2D eigenvalue weighted by atomic mass is 16.2. The molecule has 2 N–H and O–H groups in total. The third kappa shape index (κ3) is 3.11. The Balaban J connectivity index is 1.71. The van der Waals surface area contributed by atoms with E-state index in [1.54, 1.807) is 4.90 Å². The molecule has 0 unspecified atom stereocenters. The maximum Gasteiger partial charge on any atom is 0.322 e. The predicted molar refractivity (Wildman–Crippen MR) is 89.8 cm³/mol. The van der Waals surface area contributed by atoms with Crippen LogP contribution in [-0.2, 0) is 6.54 Å². The fraction of sp³-hybridized carbons (Fsp3) is 0.167. The van der Waals surface area contributed by atoms with Crippen LogP contribution in [0.5, 0.6) is 0 Å². The van der Waals surface area contributed by atoms with Crippen molar-refractivity contribution in [3.63, 3.8) is 0 Å². The molecule has 4 nitrogen and oxygen atoms in total. The molecule has 0 fully saturated rings. The average molecular weight is 293 g/mol. The van der Waals surface area contributed by atoms with Crippen molar-refractivity contribution >= 4 is 22.6 Å². The molecule has 0 aliphatic heterocycles. The number of rotatable bonds is 4. The van der Waals surface area contributed by atoms with Gasteiger partial charge in [-0.3, -0.25) is 0 Å². The molecule has 0 aliphatic rings. The number of amides is 2. The Kier molecular flexibility index (Phi) is 4.10. The van der Waals surface area contributed by atoms with Crippen molar-refractivity contribution in [2.45, 2.75) is 13.5 Å². The van der Waals surface area contributed by atoms with Crippen LogP contribution in [0.25, 0.3) is 10.9 Å². The van der Waals surface area contributed by atoms with Crippen LogP contribution in [0.3, 0.4) is 0 Å². The standard InChI is InChI=1S/C18H19N3O/c1-2-21(13-14-6-4-3-5-7-14)18(22)20-16-8-9-17-15(12-16)10-11-19-17/h3-12,19H,2,13H2,1H3,(H,20,22). The van der Waals surface area contributed by atoms with Gasteiger partial charge in [0.05, 0.1) is 0 Å². The van der Waals surface area contributed by atoms with Gasteiger partial charge in [-0.05, 0) is 36.8 Å². The molecule has 3 aromatic rings. The number of carbonyl (C=O) groups excluding carboxylic acids is 1. The number of nitrogens with one attached hydrogen (secondary N) is 2. The van der Waals surface area contributed by atoms with Gasteiger partial charge in [-0.1, -0.05) is 30.3 Å². The van der Waals surface area contributed by atoms with Crippen LogP contribution in [0.15, 0.2) is 60.8 Å². The summed E-state index contributed by atoms with van der Waals surface area (Å²) in [5, 5.41) is 4.06. The summed E-state index contributed by atoms with van der Waals surface area (Å²) >= 11 is 0. The fourth-order valence-electron chi connectivity index (χ4n) is 2.46. The summed E-state index contributed by atoms with van der Waals surface area (Å²) in [6, 6.07) is 17.8. The van der Waals surface area contributed by atoms with Gasteiger partial charge >= 0.3 is 6.03 Å². The van der Waals surface area contributed by atoms with Gasteiger partial charge in [-0.25, -0.2) is 4.79 Å². The van der Waals surface area contributed by atoms with Crippen molar-refractivity contribution in [3.8, 4) is 0 Å². The van der Waals surface area contributed by atoms with E-state index in [2.05, 4.69) is 10.3 Å². The molecule has 1 aromatic heterocycles. The Labute approximate surface area is 129 Å². The van der Waals surface area contributed by atoms with Crippen LogP contribution >= 0.6 is 0 Å². The van der Waals surface area contributed by atoms with Gasteiger partial charge in [0.25, 0.3) is 0 Å². The Bertz CT molecular complexity index is 764. The van der Waals surface area contributed by atoms with Crippen molar-refractivity contribution in [1.29, 1.82) is 0 Å². The number of aromatic nitrogens is 1. The molecule has 2 amide bonds. The quantitative estimate of drug-likeness (QED) is 0.743. The molecule has 0 saturated heterocycles. The van der Waals surface area contributed by atoms with Crippen LogP contribution in [0.2, 0.25) is 0 Å². The number of nitrogens with zero attached hydrogens (tertiary/aromatic N) is 1. The minimum absolute atomic E-state index is 0.0822. The van der Waals surface area contributed by atoms with Crippen molar-refractivity contribution in [2.24, 2.45) is 0 Å². The Hall–Kier alpha value is -2.75. The van der Waals surface area contributed by atoms with Gasteiger partial charge in [-0.15, -0.1) is 0 Å². The first kappa shape index (κ1) is 14.2. The van der Waals surface area contributed by atoms with Crippen molar-refractivity contribution in [2.75, 3.05) is 11.9 Å². The maximum absolute atomic E-state index is 12.4.